The zero-order valence-corrected chi connectivity index (χ0v) is 21.4. The molecule has 6 heteroatoms. The second kappa shape index (κ2) is 10.8. The molecule has 0 aliphatic rings. The number of carboxylic acids is 1. The predicted molar refractivity (Wildman–Crippen MR) is 139 cm³/mol. The third kappa shape index (κ3) is 6.68. The normalized spacial score (nSPS) is 13.0. The Hall–Kier alpha value is -3.28. The number of carbonyl (C=O) groups is 1. The number of aliphatic carboxylic acids is 1. The average molecular weight is 498 g/mol. The molecule has 3 aromatic carbocycles. The van der Waals surface area contributed by atoms with E-state index in [-0.39, 0.29) is 35.5 Å². The monoisotopic (exact) mass is 497 g/mol. The van der Waals surface area contributed by atoms with E-state index >= 15 is 0 Å². The van der Waals surface area contributed by atoms with Crippen molar-refractivity contribution in [1.29, 1.82) is 0 Å². The molecule has 0 heterocycles. The van der Waals surface area contributed by atoms with Crippen LogP contribution in [0.15, 0.2) is 66.7 Å². The number of halogens is 3. The molecule has 0 aliphatic heterocycles. The van der Waals surface area contributed by atoms with Crippen molar-refractivity contribution in [3.05, 3.63) is 89.0 Å². The summed E-state index contributed by atoms with van der Waals surface area (Å²) in [4.78, 5) is 12.2. The van der Waals surface area contributed by atoms with Gasteiger partial charge in [0.2, 0.25) is 0 Å². The van der Waals surface area contributed by atoms with Gasteiger partial charge in [0.25, 0.3) is 0 Å². The molecule has 0 saturated carbocycles. The van der Waals surface area contributed by atoms with Crippen LogP contribution in [0, 0.1) is 5.92 Å². The lowest BCUT2D eigenvalue weighted by Crippen LogP contribution is -2.21. The average Bonchev–Trinajstić information content (AvgIpc) is 2.80. The molecule has 0 amide bonds. The zero-order chi connectivity index (χ0) is 26.7. The van der Waals surface area contributed by atoms with E-state index in [0.29, 0.717) is 5.56 Å². The number of rotatable bonds is 8. The summed E-state index contributed by atoms with van der Waals surface area (Å²) in [7, 11) is 0. The smallest absolute Gasteiger partial charge is 0.418 e. The summed E-state index contributed by atoms with van der Waals surface area (Å²) >= 11 is 0. The third-order valence-corrected chi connectivity index (χ3v) is 6.24. The Balaban J connectivity index is 2.13. The molecule has 2 N–H and O–H groups in total. The van der Waals surface area contributed by atoms with Gasteiger partial charge in [-0.05, 0) is 57.7 Å². The van der Waals surface area contributed by atoms with Crippen LogP contribution in [0.5, 0.6) is 0 Å². The summed E-state index contributed by atoms with van der Waals surface area (Å²) in [5, 5.41) is 12.9. The summed E-state index contributed by atoms with van der Waals surface area (Å²) < 4.78 is 43.4. The van der Waals surface area contributed by atoms with Crippen LogP contribution in [-0.4, -0.2) is 11.1 Å². The SMILES string of the molecule is CC(C)CC(C(=O)O)c1cc(-c2ccccc2)cc(NCc2ccc(C(C)(C)C)cc2)c1C(F)(F)F. The molecule has 3 aromatic rings. The molecule has 0 aliphatic carbocycles. The minimum absolute atomic E-state index is 0.0312. The van der Waals surface area contributed by atoms with Crippen molar-refractivity contribution in [2.45, 2.75) is 65.1 Å². The number of hydrogen-bond donors (Lipinski definition) is 2. The van der Waals surface area contributed by atoms with E-state index in [0.717, 1.165) is 16.7 Å². The summed E-state index contributed by atoms with van der Waals surface area (Å²) in [6, 6.07) is 19.7. The number of alkyl halides is 3. The Morgan fingerprint density at radius 3 is 2.03 bits per heavy atom. The molecule has 192 valence electrons. The van der Waals surface area contributed by atoms with Crippen molar-refractivity contribution in [3.8, 4) is 11.1 Å². The number of carboxylic acid groups (broad SMARTS) is 1. The second-order valence-corrected chi connectivity index (χ2v) is 10.7. The van der Waals surface area contributed by atoms with Gasteiger partial charge in [0.05, 0.1) is 11.5 Å². The molecule has 3 rings (SSSR count). The van der Waals surface area contributed by atoms with Gasteiger partial charge in [0, 0.05) is 12.2 Å². The molecule has 1 unspecified atom stereocenters. The lowest BCUT2D eigenvalue weighted by molar-refractivity contribution is -0.141. The van der Waals surface area contributed by atoms with E-state index in [1.165, 1.54) is 12.1 Å². The first kappa shape index (κ1) is 27.3. The molecule has 3 nitrogen and oxygen atoms in total. The van der Waals surface area contributed by atoms with Crippen LogP contribution in [0.3, 0.4) is 0 Å². The van der Waals surface area contributed by atoms with Gasteiger partial charge in [-0.2, -0.15) is 13.2 Å². The first-order valence-electron chi connectivity index (χ1n) is 12.1. The van der Waals surface area contributed by atoms with E-state index in [1.807, 2.05) is 44.2 Å². The third-order valence-electron chi connectivity index (χ3n) is 6.24. The molecule has 0 spiro atoms. The van der Waals surface area contributed by atoms with Gasteiger partial charge in [-0.3, -0.25) is 4.79 Å². The Kier molecular flexibility index (Phi) is 8.17. The maximum atomic E-state index is 14.5. The molecular weight excluding hydrogens is 463 g/mol. The highest BCUT2D eigenvalue weighted by Gasteiger charge is 2.40. The van der Waals surface area contributed by atoms with Crippen LogP contribution in [0.2, 0.25) is 0 Å². The Morgan fingerprint density at radius 2 is 1.53 bits per heavy atom. The quantitative estimate of drug-likeness (QED) is 0.328. The number of nitrogens with one attached hydrogen (secondary N) is 1. The van der Waals surface area contributed by atoms with Crippen LogP contribution in [0.25, 0.3) is 11.1 Å². The first-order chi connectivity index (χ1) is 16.8. The molecule has 0 fully saturated rings. The minimum atomic E-state index is -4.73. The Bertz CT molecular complexity index is 1180. The highest BCUT2D eigenvalue weighted by atomic mass is 19.4. The number of hydrogen-bond acceptors (Lipinski definition) is 2. The Morgan fingerprint density at radius 1 is 0.917 bits per heavy atom. The minimum Gasteiger partial charge on any atom is -0.481 e. The topological polar surface area (TPSA) is 49.3 Å². The van der Waals surface area contributed by atoms with Gasteiger partial charge in [-0.1, -0.05) is 89.2 Å². The van der Waals surface area contributed by atoms with Crippen molar-refractivity contribution in [3.63, 3.8) is 0 Å². The van der Waals surface area contributed by atoms with E-state index in [4.69, 9.17) is 0 Å². The maximum absolute atomic E-state index is 14.5. The molecule has 0 radical (unpaired) electrons. The van der Waals surface area contributed by atoms with Gasteiger partial charge < -0.3 is 10.4 Å². The largest absolute Gasteiger partial charge is 0.481 e. The van der Waals surface area contributed by atoms with Gasteiger partial charge >= 0.3 is 12.1 Å². The van der Waals surface area contributed by atoms with Gasteiger partial charge in [0.1, 0.15) is 0 Å². The maximum Gasteiger partial charge on any atom is 0.418 e. The van der Waals surface area contributed by atoms with E-state index in [1.54, 1.807) is 24.3 Å². The fraction of sp³-hybridized carbons (Fsp3) is 0.367. The molecular formula is C30H34F3NO2. The summed E-state index contributed by atoms with van der Waals surface area (Å²) in [5.74, 6) is -2.63. The summed E-state index contributed by atoms with van der Waals surface area (Å²) in [6.07, 6.45) is -4.63. The van der Waals surface area contributed by atoms with E-state index < -0.39 is 23.6 Å². The van der Waals surface area contributed by atoms with Crippen molar-refractivity contribution in [2.75, 3.05) is 5.32 Å². The molecule has 0 bridgehead atoms. The lowest BCUT2D eigenvalue weighted by Gasteiger charge is -2.25. The van der Waals surface area contributed by atoms with Crippen LogP contribution in [0.1, 0.15) is 69.2 Å². The number of anilines is 1. The standard InChI is InChI=1S/C30H34F3NO2/c1-19(2)15-25(28(35)36)24-16-22(21-9-7-6-8-10-21)17-26(27(24)30(31,32)33)34-18-20-11-13-23(14-12-20)29(3,4)5/h6-14,16-17,19,25,34H,15,18H2,1-5H3,(H,35,36). The predicted octanol–water partition coefficient (Wildman–Crippen LogP) is 8.50. The molecule has 1 atom stereocenters. The summed E-state index contributed by atoms with van der Waals surface area (Å²) in [5.41, 5.74) is 1.95. The van der Waals surface area contributed by atoms with Gasteiger partial charge in [0.15, 0.2) is 0 Å². The fourth-order valence-corrected chi connectivity index (χ4v) is 4.34. The fourth-order valence-electron chi connectivity index (χ4n) is 4.34. The molecule has 36 heavy (non-hydrogen) atoms. The van der Waals surface area contributed by atoms with Crippen molar-refractivity contribution < 1.29 is 23.1 Å². The lowest BCUT2D eigenvalue weighted by atomic mass is 9.84. The van der Waals surface area contributed by atoms with Gasteiger partial charge in [-0.15, -0.1) is 0 Å². The van der Waals surface area contributed by atoms with Crippen LogP contribution in [-0.2, 0) is 22.9 Å². The van der Waals surface area contributed by atoms with Crippen LogP contribution in [0.4, 0.5) is 18.9 Å². The number of benzene rings is 3. The van der Waals surface area contributed by atoms with Gasteiger partial charge in [-0.25, -0.2) is 0 Å². The van der Waals surface area contributed by atoms with Crippen molar-refractivity contribution >= 4 is 11.7 Å². The van der Waals surface area contributed by atoms with Crippen LogP contribution >= 0.6 is 0 Å². The van der Waals surface area contributed by atoms with Crippen molar-refractivity contribution in [2.24, 2.45) is 5.92 Å². The first-order valence-corrected chi connectivity index (χ1v) is 12.1. The van der Waals surface area contributed by atoms with Crippen LogP contribution < -0.4 is 5.32 Å². The highest BCUT2D eigenvalue weighted by Crippen LogP contribution is 2.44. The van der Waals surface area contributed by atoms with E-state index in [9.17, 15) is 23.1 Å². The zero-order valence-electron chi connectivity index (χ0n) is 21.4. The van der Waals surface area contributed by atoms with E-state index in [2.05, 4.69) is 26.1 Å². The Labute approximate surface area is 211 Å². The highest BCUT2D eigenvalue weighted by molar-refractivity contribution is 5.81. The molecule has 0 saturated heterocycles. The van der Waals surface area contributed by atoms with Crippen molar-refractivity contribution in [1.82, 2.24) is 0 Å². The summed E-state index contributed by atoms with van der Waals surface area (Å²) in [6.45, 7) is 10.1. The second-order valence-electron chi connectivity index (χ2n) is 10.7. The molecule has 0 aromatic heterocycles.